The van der Waals surface area contributed by atoms with Crippen molar-refractivity contribution in [2.45, 2.75) is 11.1 Å². The summed E-state index contributed by atoms with van der Waals surface area (Å²) >= 11 is 6.63. The summed E-state index contributed by atoms with van der Waals surface area (Å²) in [6, 6.07) is 3.37. The molecule has 0 bridgehead atoms. The summed E-state index contributed by atoms with van der Waals surface area (Å²) in [5.74, 6) is 0.281. The van der Waals surface area contributed by atoms with Gasteiger partial charge in [0.05, 0.1) is 0 Å². The number of sulfonamides is 1. The Labute approximate surface area is 86.8 Å². The second-order valence-corrected chi connectivity index (χ2v) is 6.11. The van der Waals surface area contributed by atoms with Gasteiger partial charge in [-0.25, -0.2) is 13.1 Å². The van der Waals surface area contributed by atoms with Gasteiger partial charge in [0.15, 0.2) is 0 Å². The van der Waals surface area contributed by atoms with E-state index in [9.17, 15) is 8.42 Å². The third-order valence-electron chi connectivity index (χ3n) is 1.37. The lowest BCUT2D eigenvalue weighted by Crippen LogP contribution is -2.24. The van der Waals surface area contributed by atoms with Gasteiger partial charge >= 0.3 is 0 Å². The van der Waals surface area contributed by atoms with Crippen molar-refractivity contribution in [1.82, 2.24) is 4.72 Å². The Morgan fingerprint density at radius 3 is 2.69 bits per heavy atom. The van der Waals surface area contributed by atoms with E-state index in [0.717, 1.165) is 4.88 Å². The molecule has 0 saturated heterocycles. The van der Waals surface area contributed by atoms with Crippen LogP contribution in [0.1, 0.15) is 4.88 Å². The van der Waals surface area contributed by atoms with Gasteiger partial charge in [-0.2, -0.15) is 0 Å². The topological polar surface area (TPSA) is 46.2 Å². The highest BCUT2D eigenvalue weighted by molar-refractivity contribution is 7.91. The molecule has 0 unspecified atom stereocenters. The molecule has 0 aliphatic carbocycles. The molecule has 0 aliphatic rings. The fourth-order valence-corrected chi connectivity index (χ4v) is 3.37. The average molecular weight is 240 g/mol. The standard InChI is InChI=1S/C7H10ClNO2S2/c1-6-2-3-7(12-6)13(10,11)9-5-4-8/h2-3,9H,4-5H2,1H3. The zero-order valence-electron chi connectivity index (χ0n) is 7.08. The van der Waals surface area contributed by atoms with Crippen LogP contribution < -0.4 is 4.72 Å². The van der Waals surface area contributed by atoms with Gasteiger partial charge in [0.2, 0.25) is 10.0 Å². The van der Waals surface area contributed by atoms with Gasteiger partial charge < -0.3 is 0 Å². The van der Waals surface area contributed by atoms with E-state index < -0.39 is 10.0 Å². The summed E-state index contributed by atoms with van der Waals surface area (Å²) in [6.07, 6.45) is 0. The van der Waals surface area contributed by atoms with Gasteiger partial charge in [0, 0.05) is 17.3 Å². The number of nitrogens with one attached hydrogen (secondary N) is 1. The second-order valence-electron chi connectivity index (χ2n) is 2.45. The molecule has 0 radical (unpaired) electrons. The van der Waals surface area contributed by atoms with E-state index in [4.69, 9.17) is 11.6 Å². The molecule has 0 aromatic carbocycles. The van der Waals surface area contributed by atoms with E-state index in [2.05, 4.69) is 4.72 Å². The molecular weight excluding hydrogens is 230 g/mol. The number of thiophene rings is 1. The van der Waals surface area contributed by atoms with Crippen LogP contribution in [0.4, 0.5) is 0 Å². The van der Waals surface area contributed by atoms with Gasteiger partial charge in [-0.3, -0.25) is 0 Å². The zero-order valence-corrected chi connectivity index (χ0v) is 9.47. The summed E-state index contributed by atoms with van der Waals surface area (Å²) in [4.78, 5) is 0.978. The van der Waals surface area contributed by atoms with Crippen molar-refractivity contribution in [2.75, 3.05) is 12.4 Å². The van der Waals surface area contributed by atoms with E-state index in [-0.39, 0.29) is 12.4 Å². The number of aryl methyl sites for hydroxylation is 1. The van der Waals surface area contributed by atoms with E-state index in [0.29, 0.717) is 4.21 Å². The Kier molecular flexibility index (Phi) is 3.73. The van der Waals surface area contributed by atoms with Crippen molar-refractivity contribution in [3.05, 3.63) is 17.0 Å². The molecule has 1 aromatic rings. The molecule has 1 heterocycles. The van der Waals surface area contributed by atoms with Crippen LogP contribution in [-0.2, 0) is 10.0 Å². The van der Waals surface area contributed by atoms with Crippen LogP contribution in [0.5, 0.6) is 0 Å². The lowest BCUT2D eigenvalue weighted by Gasteiger charge is -2.00. The van der Waals surface area contributed by atoms with Crippen LogP contribution >= 0.6 is 22.9 Å². The van der Waals surface area contributed by atoms with E-state index in [1.165, 1.54) is 11.3 Å². The molecule has 1 aromatic heterocycles. The molecule has 1 rings (SSSR count). The van der Waals surface area contributed by atoms with Crippen LogP contribution in [0.25, 0.3) is 0 Å². The van der Waals surface area contributed by atoms with Crippen LogP contribution in [0.15, 0.2) is 16.3 Å². The Balaban J connectivity index is 2.82. The van der Waals surface area contributed by atoms with Crippen molar-refractivity contribution in [2.24, 2.45) is 0 Å². The molecular formula is C7H10ClNO2S2. The molecule has 3 nitrogen and oxygen atoms in total. The fourth-order valence-electron chi connectivity index (χ4n) is 0.801. The molecule has 13 heavy (non-hydrogen) atoms. The normalized spacial score (nSPS) is 11.8. The molecule has 0 aliphatic heterocycles. The maximum atomic E-state index is 11.4. The average Bonchev–Trinajstić information content (AvgIpc) is 2.49. The van der Waals surface area contributed by atoms with E-state index in [1.807, 2.05) is 6.92 Å². The summed E-state index contributed by atoms with van der Waals surface area (Å²) in [5, 5.41) is 0. The monoisotopic (exact) mass is 239 g/mol. The van der Waals surface area contributed by atoms with Crippen molar-refractivity contribution >= 4 is 33.0 Å². The van der Waals surface area contributed by atoms with Crippen LogP contribution in [0, 0.1) is 6.92 Å². The van der Waals surface area contributed by atoms with Crippen molar-refractivity contribution in [1.29, 1.82) is 0 Å². The first-order valence-corrected chi connectivity index (χ1v) is 6.52. The lowest BCUT2D eigenvalue weighted by atomic mass is 10.5. The highest BCUT2D eigenvalue weighted by Gasteiger charge is 2.14. The van der Waals surface area contributed by atoms with Crippen molar-refractivity contribution in [3.63, 3.8) is 0 Å². The fraction of sp³-hybridized carbons (Fsp3) is 0.429. The summed E-state index contributed by atoms with van der Waals surface area (Å²) in [6.45, 7) is 2.13. The highest BCUT2D eigenvalue weighted by Crippen LogP contribution is 2.19. The zero-order chi connectivity index (χ0) is 9.90. The number of halogens is 1. The quantitative estimate of drug-likeness (QED) is 0.811. The van der Waals surface area contributed by atoms with Gasteiger partial charge in [-0.1, -0.05) is 0 Å². The maximum absolute atomic E-state index is 11.4. The van der Waals surface area contributed by atoms with E-state index >= 15 is 0 Å². The SMILES string of the molecule is Cc1ccc(S(=O)(=O)NCCCl)s1. The van der Waals surface area contributed by atoms with Gasteiger partial charge in [0.25, 0.3) is 0 Å². The molecule has 74 valence electrons. The number of alkyl halides is 1. The first-order valence-electron chi connectivity index (χ1n) is 3.68. The molecule has 6 heteroatoms. The largest absolute Gasteiger partial charge is 0.250 e. The summed E-state index contributed by atoms with van der Waals surface area (Å²) in [5.41, 5.74) is 0. The molecule has 0 saturated carbocycles. The lowest BCUT2D eigenvalue weighted by molar-refractivity contribution is 0.586. The van der Waals surface area contributed by atoms with Gasteiger partial charge in [0.1, 0.15) is 4.21 Å². The van der Waals surface area contributed by atoms with Gasteiger partial charge in [-0.05, 0) is 19.1 Å². The predicted molar refractivity (Wildman–Crippen MR) is 55.0 cm³/mol. The van der Waals surface area contributed by atoms with Crippen molar-refractivity contribution < 1.29 is 8.42 Å². The number of rotatable bonds is 4. The number of hydrogen-bond donors (Lipinski definition) is 1. The molecule has 0 amide bonds. The minimum absolute atomic E-state index is 0.265. The highest BCUT2D eigenvalue weighted by atomic mass is 35.5. The van der Waals surface area contributed by atoms with Crippen LogP contribution in [0.3, 0.4) is 0 Å². The third-order valence-corrected chi connectivity index (χ3v) is 4.51. The predicted octanol–water partition coefficient (Wildman–Crippen LogP) is 1.57. The Bertz CT molecular complexity index is 372. The third kappa shape index (κ3) is 2.95. The molecule has 0 fully saturated rings. The van der Waals surface area contributed by atoms with Crippen LogP contribution in [-0.4, -0.2) is 20.8 Å². The summed E-state index contributed by atoms with van der Waals surface area (Å²) < 4.78 is 25.6. The van der Waals surface area contributed by atoms with Gasteiger partial charge in [-0.15, -0.1) is 22.9 Å². The first kappa shape index (κ1) is 11.0. The molecule has 0 atom stereocenters. The maximum Gasteiger partial charge on any atom is 0.250 e. The Hall–Kier alpha value is -0.100. The van der Waals surface area contributed by atoms with Crippen LogP contribution in [0.2, 0.25) is 0 Å². The summed E-state index contributed by atoms with van der Waals surface area (Å²) in [7, 11) is -3.32. The Morgan fingerprint density at radius 2 is 2.23 bits per heavy atom. The first-order chi connectivity index (χ1) is 6.06. The minimum atomic E-state index is -3.32. The molecule has 0 spiro atoms. The second kappa shape index (κ2) is 4.41. The molecule has 1 N–H and O–H groups in total. The van der Waals surface area contributed by atoms with Crippen molar-refractivity contribution in [3.8, 4) is 0 Å². The smallest absolute Gasteiger partial charge is 0.209 e. The minimum Gasteiger partial charge on any atom is -0.209 e. The Morgan fingerprint density at radius 1 is 1.54 bits per heavy atom. The van der Waals surface area contributed by atoms with E-state index in [1.54, 1.807) is 12.1 Å². The number of hydrogen-bond acceptors (Lipinski definition) is 3.